The number of esters is 2. The summed E-state index contributed by atoms with van der Waals surface area (Å²) in [7, 11) is 0. The first-order chi connectivity index (χ1) is 24.5. The van der Waals surface area contributed by atoms with Gasteiger partial charge in [-0.15, -0.1) is 0 Å². The molecule has 0 bridgehead atoms. The second kappa shape index (κ2) is 15.9. The van der Waals surface area contributed by atoms with Crippen LogP contribution < -0.4 is 21.3 Å². The number of amides is 4. The zero-order valence-electron chi connectivity index (χ0n) is 30.3. The lowest BCUT2D eigenvalue weighted by Crippen LogP contribution is -2.37. The fourth-order valence-electron chi connectivity index (χ4n) is 8.26. The Morgan fingerprint density at radius 2 is 1.10 bits per heavy atom. The quantitative estimate of drug-likeness (QED) is 0.0721. The Bertz CT molecular complexity index is 1350. The normalized spacial score (nSPS) is 36.3. The predicted molar refractivity (Wildman–Crippen MR) is 191 cm³/mol. The van der Waals surface area contributed by atoms with E-state index in [-0.39, 0.29) is 71.5 Å². The van der Waals surface area contributed by atoms with Gasteiger partial charge in [0.25, 0.3) is 0 Å². The van der Waals surface area contributed by atoms with Gasteiger partial charge in [0.05, 0.1) is 11.2 Å². The molecule has 4 fully saturated rings. The Morgan fingerprint density at radius 1 is 0.686 bits per heavy atom. The lowest BCUT2D eigenvalue weighted by molar-refractivity contribution is -0.140. The summed E-state index contributed by atoms with van der Waals surface area (Å²) >= 11 is 0. The van der Waals surface area contributed by atoms with Crippen molar-refractivity contribution in [2.75, 3.05) is 26.2 Å². The van der Waals surface area contributed by atoms with Crippen molar-refractivity contribution in [3.63, 3.8) is 0 Å². The van der Waals surface area contributed by atoms with Gasteiger partial charge in [-0.25, -0.2) is 19.2 Å². The summed E-state index contributed by atoms with van der Waals surface area (Å²) in [6, 6.07) is -0.360. The lowest BCUT2D eigenvalue weighted by atomic mass is 9.84. The molecule has 0 aromatic carbocycles. The molecular formula is C39H56N4O8. The van der Waals surface area contributed by atoms with Crippen LogP contribution in [-0.2, 0) is 28.5 Å². The van der Waals surface area contributed by atoms with E-state index in [1.54, 1.807) is 0 Å². The number of fused-ring (bicyclic) bond motifs is 6. The van der Waals surface area contributed by atoms with E-state index in [0.29, 0.717) is 37.3 Å². The van der Waals surface area contributed by atoms with Gasteiger partial charge in [-0.3, -0.25) is 0 Å². The van der Waals surface area contributed by atoms with Gasteiger partial charge < -0.3 is 40.2 Å². The average Bonchev–Trinajstić information content (AvgIpc) is 3.91. The maximum Gasteiger partial charge on any atom is 0.334 e. The standard InChI is InChI=1S/C39H56N4O8/c1-24-28-16-14-26(12-10-18-38(3)32(50-38)30(28)48-34(24)44)22-42-36(46)40-20-8-6-5-7-9-21-41-37(47)43-23-27-13-11-19-39(4)33(51-39)31-29(17-15-27)25(2)35(45)49-31/h12-13,28-33H,1-2,5-11,14-23H2,3-4H3,(H2,40,42,46)(H2,41,43,47)/b26-12+,27-13+/t28-,29-,30-,31-,32-,33-,38+,39+/m0/s1. The molecule has 6 aliphatic rings. The summed E-state index contributed by atoms with van der Waals surface area (Å²) < 4.78 is 23.2. The van der Waals surface area contributed by atoms with Crippen molar-refractivity contribution < 1.29 is 38.1 Å². The van der Waals surface area contributed by atoms with Gasteiger partial charge in [0.15, 0.2) is 0 Å². The third kappa shape index (κ3) is 9.06. The zero-order chi connectivity index (χ0) is 36.2. The van der Waals surface area contributed by atoms with Gasteiger partial charge in [-0.1, -0.05) is 55.7 Å². The minimum atomic E-state index is -0.320. The van der Waals surface area contributed by atoms with Crippen LogP contribution in [-0.4, -0.2) is 85.8 Å². The van der Waals surface area contributed by atoms with E-state index in [4.69, 9.17) is 18.9 Å². The fourth-order valence-corrected chi connectivity index (χ4v) is 8.26. The van der Waals surface area contributed by atoms with E-state index in [1.807, 2.05) is 0 Å². The molecule has 8 atom stereocenters. The number of ether oxygens (including phenoxy) is 4. The molecule has 6 rings (SSSR count). The molecule has 12 heteroatoms. The van der Waals surface area contributed by atoms with Crippen molar-refractivity contribution in [3.05, 3.63) is 47.6 Å². The largest absolute Gasteiger partial charge is 0.455 e. The van der Waals surface area contributed by atoms with Crippen LogP contribution in [0.1, 0.15) is 97.3 Å². The van der Waals surface area contributed by atoms with Gasteiger partial charge in [0.1, 0.15) is 24.4 Å². The second-order valence-electron chi connectivity index (χ2n) is 15.6. The average molecular weight is 709 g/mol. The summed E-state index contributed by atoms with van der Waals surface area (Å²) in [6.45, 7) is 14.2. The maximum atomic E-state index is 12.5. The van der Waals surface area contributed by atoms with Crippen LogP contribution in [0.5, 0.6) is 0 Å². The van der Waals surface area contributed by atoms with Crippen molar-refractivity contribution in [1.82, 2.24) is 21.3 Å². The number of urea groups is 2. The number of unbranched alkanes of at least 4 members (excludes halogenated alkanes) is 4. The second-order valence-corrected chi connectivity index (χ2v) is 15.6. The molecule has 0 unspecified atom stereocenters. The highest BCUT2D eigenvalue weighted by Crippen LogP contribution is 2.51. The summed E-state index contributed by atoms with van der Waals surface area (Å²) in [5.74, 6) is -0.751. The first-order valence-electron chi connectivity index (χ1n) is 19.0. The molecule has 4 aliphatic heterocycles. The Labute approximate surface area is 301 Å². The van der Waals surface area contributed by atoms with Crippen molar-refractivity contribution in [2.45, 2.75) is 133 Å². The van der Waals surface area contributed by atoms with Crippen molar-refractivity contribution in [1.29, 1.82) is 0 Å². The summed E-state index contributed by atoms with van der Waals surface area (Å²) in [4.78, 5) is 49.3. The van der Waals surface area contributed by atoms with E-state index in [0.717, 1.165) is 94.6 Å². The van der Waals surface area contributed by atoms with E-state index < -0.39 is 0 Å². The van der Waals surface area contributed by atoms with Crippen LogP contribution in [0, 0.1) is 11.8 Å². The fraction of sp³-hybridized carbons (Fsp3) is 0.692. The maximum absolute atomic E-state index is 12.5. The molecule has 4 N–H and O–H groups in total. The number of hydrogen-bond donors (Lipinski definition) is 4. The molecule has 0 saturated carbocycles. The Morgan fingerprint density at radius 3 is 1.53 bits per heavy atom. The van der Waals surface area contributed by atoms with Gasteiger partial charge >= 0.3 is 24.0 Å². The van der Waals surface area contributed by atoms with Crippen LogP contribution in [0.15, 0.2) is 47.6 Å². The molecule has 4 heterocycles. The number of carbonyl (C=O) groups excluding carboxylic acids is 4. The van der Waals surface area contributed by atoms with Gasteiger partial charge in [0, 0.05) is 49.2 Å². The molecule has 2 aliphatic carbocycles. The number of epoxide rings is 2. The summed E-state index contributed by atoms with van der Waals surface area (Å²) in [6.07, 6.45) is 15.0. The Hall–Kier alpha value is -3.64. The molecular weight excluding hydrogens is 652 g/mol. The molecule has 0 aromatic rings. The van der Waals surface area contributed by atoms with Crippen molar-refractivity contribution >= 4 is 24.0 Å². The number of rotatable bonds is 12. The van der Waals surface area contributed by atoms with Crippen LogP contribution in [0.3, 0.4) is 0 Å². The number of allylic oxidation sites excluding steroid dienone is 2. The van der Waals surface area contributed by atoms with Gasteiger partial charge in [-0.05, 0) is 78.1 Å². The zero-order valence-corrected chi connectivity index (χ0v) is 30.3. The third-order valence-electron chi connectivity index (χ3n) is 11.8. The van der Waals surface area contributed by atoms with Gasteiger partial charge in [-0.2, -0.15) is 0 Å². The monoisotopic (exact) mass is 708 g/mol. The minimum Gasteiger partial charge on any atom is -0.455 e. The number of nitrogens with one attached hydrogen (secondary N) is 4. The molecule has 51 heavy (non-hydrogen) atoms. The van der Waals surface area contributed by atoms with Gasteiger partial charge in [0.2, 0.25) is 0 Å². The molecule has 12 nitrogen and oxygen atoms in total. The molecule has 0 radical (unpaired) electrons. The summed E-state index contributed by atoms with van der Waals surface area (Å²) in [5.41, 5.74) is 2.80. The highest BCUT2D eigenvalue weighted by atomic mass is 16.7. The molecule has 280 valence electrons. The molecule has 4 amide bonds. The Kier molecular flexibility index (Phi) is 11.6. The van der Waals surface area contributed by atoms with E-state index in [1.165, 1.54) is 0 Å². The Balaban J connectivity index is 0.794. The van der Waals surface area contributed by atoms with E-state index in [9.17, 15) is 19.2 Å². The highest BCUT2D eigenvalue weighted by Gasteiger charge is 2.62. The van der Waals surface area contributed by atoms with Crippen LogP contribution >= 0.6 is 0 Å². The lowest BCUT2D eigenvalue weighted by Gasteiger charge is -2.20. The van der Waals surface area contributed by atoms with Crippen LogP contribution in [0.25, 0.3) is 0 Å². The van der Waals surface area contributed by atoms with Crippen molar-refractivity contribution in [2.24, 2.45) is 11.8 Å². The smallest absolute Gasteiger partial charge is 0.334 e. The summed E-state index contributed by atoms with van der Waals surface area (Å²) in [5, 5.41) is 11.9. The first kappa shape index (κ1) is 37.1. The van der Waals surface area contributed by atoms with Crippen LogP contribution in [0.4, 0.5) is 9.59 Å². The molecule has 0 spiro atoms. The minimum absolute atomic E-state index is 0.0555. The number of carbonyl (C=O) groups is 4. The predicted octanol–water partition coefficient (Wildman–Crippen LogP) is 5.05. The SMILES string of the molecule is C=C1C(=O)O[C@H]2[C@H]1CC/C(CNC(=O)NCCCCCCCNC(=O)NC/C1=C/CC[C@@]3(C)O[C@H]3[C@H]3OC(=O)C(=C)[C@@H]3CC1)=C\CC[C@@]1(C)O[C@@H]21. The van der Waals surface area contributed by atoms with Crippen LogP contribution in [0.2, 0.25) is 0 Å². The molecule has 4 saturated heterocycles. The van der Waals surface area contributed by atoms with Crippen molar-refractivity contribution in [3.8, 4) is 0 Å². The van der Waals surface area contributed by atoms with E-state index in [2.05, 4.69) is 60.4 Å². The van der Waals surface area contributed by atoms with E-state index >= 15 is 0 Å². The third-order valence-corrected chi connectivity index (χ3v) is 11.8. The topological polar surface area (TPSA) is 160 Å². The number of hydrogen-bond acceptors (Lipinski definition) is 8. The first-order valence-corrected chi connectivity index (χ1v) is 19.0. The molecule has 0 aromatic heterocycles. The highest BCUT2D eigenvalue weighted by molar-refractivity contribution is 5.91.